The number of anilines is 2. The van der Waals surface area contributed by atoms with E-state index in [1.165, 1.54) is 6.33 Å². The molecule has 2 amide bonds. The molecule has 1 aromatic heterocycles. The zero-order chi connectivity index (χ0) is 15.7. The van der Waals surface area contributed by atoms with Crippen LogP contribution in [0.2, 0.25) is 10.0 Å². The molecule has 2 aromatic rings. The van der Waals surface area contributed by atoms with Gasteiger partial charge in [0.05, 0.1) is 28.2 Å². The van der Waals surface area contributed by atoms with Gasteiger partial charge < -0.3 is 5.32 Å². The lowest BCUT2D eigenvalue weighted by Gasteiger charge is -2.21. The Morgan fingerprint density at radius 3 is 3.09 bits per heavy atom. The number of carbonyl (C=O) groups excluding carboxylic acids is 2. The first kappa shape index (κ1) is 14.8. The molecule has 0 aliphatic carbocycles. The summed E-state index contributed by atoms with van der Waals surface area (Å²) >= 11 is 11.9. The quantitative estimate of drug-likeness (QED) is 0.896. The van der Waals surface area contributed by atoms with Crippen molar-refractivity contribution in [2.24, 2.45) is 5.92 Å². The summed E-state index contributed by atoms with van der Waals surface area (Å²) in [6, 6.07) is 4.95. The van der Waals surface area contributed by atoms with Gasteiger partial charge in [-0.1, -0.05) is 29.3 Å². The summed E-state index contributed by atoms with van der Waals surface area (Å²) in [6.07, 6.45) is 1.36. The molecule has 1 aliphatic heterocycles. The van der Waals surface area contributed by atoms with Crippen LogP contribution in [0.1, 0.15) is 6.42 Å². The third-order valence-electron chi connectivity index (χ3n) is 3.27. The van der Waals surface area contributed by atoms with Gasteiger partial charge in [0.15, 0.2) is 0 Å². The van der Waals surface area contributed by atoms with Crippen molar-refractivity contribution in [2.45, 2.75) is 13.0 Å². The molecule has 0 fully saturated rings. The van der Waals surface area contributed by atoms with E-state index in [-0.39, 0.29) is 23.3 Å². The lowest BCUT2D eigenvalue weighted by molar-refractivity contribution is -0.125. The Balaban J connectivity index is 1.67. The van der Waals surface area contributed by atoms with Crippen LogP contribution in [0, 0.1) is 5.92 Å². The van der Waals surface area contributed by atoms with Crippen LogP contribution in [0.5, 0.6) is 0 Å². The molecule has 22 heavy (non-hydrogen) atoms. The number of amides is 2. The van der Waals surface area contributed by atoms with Crippen LogP contribution in [0.3, 0.4) is 0 Å². The van der Waals surface area contributed by atoms with Crippen LogP contribution in [-0.2, 0) is 16.1 Å². The number of fused-ring (bicyclic) bond motifs is 1. The molecule has 0 saturated carbocycles. The Morgan fingerprint density at radius 1 is 1.45 bits per heavy atom. The molecule has 2 N–H and O–H groups in total. The van der Waals surface area contributed by atoms with Gasteiger partial charge in [0.1, 0.15) is 6.33 Å². The van der Waals surface area contributed by atoms with Crippen molar-refractivity contribution in [1.29, 1.82) is 0 Å². The molecule has 0 radical (unpaired) electrons. The lowest BCUT2D eigenvalue weighted by Crippen LogP contribution is -2.36. The zero-order valence-corrected chi connectivity index (χ0v) is 12.7. The predicted molar refractivity (Wildman–Crippen MR) is 81.9 cm³/mol. The average Bonchev–Trinajstić information content (AvgIpc) is 2.91. The Labute approximate surface area is 135 Å². The van der Waals surface area contributed by atoms with E-state index in [4.69, 9.17) is 23.2 Å². The fraction of sp³-hybridized carbons (Fsp3) is 0.231. The minimum absolute atomic E-state index is 0.00791. The van der Waals surface area contributed by atoms with E-state index in [2.05, 4.69) is 20.7 Å². The average molecular weight is 340 g/mol. The molecule has 1 aliphatic rings. The van der Waals surface area contributed by atoms with Gasteiger partial charge in [0, 0.05) is 6.42 Å². The smallest absolute Gasteiger partial charge is 0.232 e. The number of rotatable bonds is 3. The van der Waals surface area contributed by atoms with Crippen LogP contribution >= 0.6 is 23.2 Å². The maximum Gasteiger partial charge on any atom is 0.232 e. The molecule has 114 valence electrons. The number of nitrogens with one attached hydrogen (secondary N) is 2. The molecule has 3 rings (SSSR count). The van der Waals surface area contributed by atoms with E-state index in [0.29, 0.717) is 23.2 Å². The fourth-order valence-corrected chi connectivity index (χ4v) is 2.53. The topological polar surface area (TPSA) is 88.9 Å². The van der Waals surface area contributed by atoms with Gasteiger partial charge in [0.2, 0.25) is 17.8 Å². The minimum atomic E-state index is -0.521. The first-order valence-electron chi connectivity index (χ1n) is 6.47. The van der Waals surface area contributed by atoms with Crippen LogP contribution in [0.25, 0.3) is 0 Å². The van der Waals surface area contributed by atoms with Gasteiger partial charge in [-0.15, -0.1) is 0 Å². The SMILES string of the molecule is O=C(CC1Cn2ncnc2NC1=O)Nc1cccc(Cl)c1Cl. The van der Waals surface area contributed by atoms with E-state index < -0.39 is 5.92 Å². The molecular formula is C13H11Cl2N5O2. The van der Waals surface area contributed by atoms with E-state index in [9.17, 15) is 9.59 Å². The summed E-state index contributed by atoms with van der Waals surface area (Å²) in [6.45, 7) is 0.303. The number of halogens is 2. The Bertz CT molecular complexity index is 746. The van der Waals surface area contributed by atoms with Crippen molar-refractivity contribution in [2.75, 3.05) is 10.6 Å². The maximum atomic E-state index is 12.1. The number of benzene rings is 1. The van der Waals surface area contributed by atoms with E-state index in [0.717, 1.165) is 0 Å². The molecule has 0 spiro atoms. The van der Waals surface area contributed by atoms with Crippen molar-refractivity contribution in [3.8, 4) is 0 Å². The standard InChI is InChI=1S/C13H11Cl2N5O2/c14-8-2-1-3-9(11(8)15)18-10(21)4-7-5-20-13(16-6-17-20)19-12(7)22/h1-3,6-7H,4-5H2,(H,18,21)(H,16,17,19,22). The van der Waals surface area contributed by atoms with Gasteiger partial charge >= 0.3 is 0 Å². The second-order valence-corrected chi connectivity index (χ2v) is 5.59. The summed E-state index contributed by atoms with van der Waals surface area (Å²) in [4.78, 5) is 27.9. The molecule has 1 atom stereocenters. The summed E-state index contributed by atoms with van der Waals surface area (Å²) in [5.41, 5.74) is 0.414. The molecule has 2 heterocycles. The molecule has 0 bridgehead atoms. The van der Waals surface area contributed by atoms with Crippen LogP contribution < -0.4 is 10.6 Å². The largest absolute Gasteiger partial charge is 0.325 e. The summed E-state index contributed by atoms with van der Waals surface area (Å²) in [5.74, 6) is -0.715. The van der Waals surface area contributed by atoms with Crippen molar-refractivity contribution < 1.29 is 9.59 Å². The minimum Gasteiger partial charge on any atom is -0.325 e. The first-order chi connectivity index (χ1) is 10.5. The normalized spacial score (nSPS) is 16.8. The van der Waals surface area contributed by atoms with Gasteiger partial charge in [0.25, 0.3) is 0 Å². The predicted octanol–water partition coefficient (Wildman–Crippen LogP) is 2.18. The molecule has 0 saturated heterocycles. The number of nitrogens with zero attached hydrogens (tertiary/aromatic N) is 3. The summed E-state index contributed by atoms with van der Waals surface area (Å²) in [5, 5.41) is 9.85. The highest BCUT2D eigenvalue weighted by Crippen LogP contribution is 2.30. The number of carbonyl (C=O) groups is 2. The maximum absolute atomic E-state index is 12.1. The Hall–Kier alpha value is -2.12. The third-order valence-corrected chi connectivity index (χ3v) is 4.09. The molecule has 9 heteroatoms. The van der Waals surface area contributed by atoms with Crippen LogP contribution in [-0.4, -0.2) is 26.6 Å². The highest BCUT2D eigenvalue weighted by molar-refractivity contribution is 6.44. The third kappa shape index (κ3) is 2.90. The monoisotopic (exact) mass is 339 g/mol. The van der Waals surface area contributed by atoms with E-state index in [1.807, 2.05) is 0 Å². The first-order valence-corrected chi connectivity index (χ1v) is 7.22. The van der Waals surface area contributed by atoms with Crippen LogP contribution in [0.15, 0.2) is 24.5 Å². The van der Waals surface area contributed by atoms with E-state index in [1.54, 1.807) is 22.9 Å². The van der Waals surface area contributed by atoms with Gasteiger partial charge in [-0.3, -0.25) is 14.9 Å². The second-order valence-electron chi connectivity index (χ2n) is 4.81. The van der Waals surface area contributed by atoms with Crippen molar-refractivity contribution in [3.63, 3.8) is 0 Å². The summed E-state index contributed by atoms with van der Waals surface area (Å²) in [7, 11) is 0. The van der Waals surface area contributed by atoms with Gasteiger partial charge in [-0.05, 0) is 12.1 Å². The van der Waals surface area contributed by atoms with Crippen LogP contribution in [0.4, 0.5) is 11.6 Å². The van der Waals surface area contributed by atoms with E-state index >= 15 is 0 Å². The molecule has 1 aromatic carbocycles. The Morgan fingerprint density at radius 2 is 2.27 bits per heavy atom. The molecule has 7 nitrogen and oxygen atoms in total. The number of hydrogen-bond donors (Lipinski definition) is 2. The van der Waals surface area contributed by atoms with Gasteiger partial charge in [-0.2, -0.15) is 10.1 Å². The van der Waals surface area contributed by atoms with Gasteiger partial charge in [-0.25, -0.2) is 4.68 Å². The van der Waals surface area contributed by atoms with Crippen molar-refractivity contribution in [3.05, 3.63) is 34.6 Å². The second kappa shape index (κ2) is 5.94. The summed E-state index contributed by atoms with van der Waals surface area (Å²) < 4.78 is 1.55. The molecular weight excluding hydrogens is 329 g/mol. The highest BCUT2D eigenvalue weighted by atomic mass is 35.5. The lowest BCUT2D eigenvalue weighted by atomic mass is 10.0. The molecule has 1 unspecified atom stereocenters. The fourth-order valence-electron chi connectivity index (χ4n) is 2.18. The van der Waals surface area contributed by atoms with Crippen molar-refractivity contribution in [1.82, 2.24) is 14.8 Å². The zero-order valence-electron chi connectivity index (χ0n) is 11.2. The number of hydrogen-bond acceptors (Lipinski definition) is 4. The van der Waals surface area contributed by atoms with Crippen molar-refractivity contribution >= 4 is 46.7 Å². The highest BCUT2D eigenvalue weighted by Gasteiger charge is 2.29. The Kier molecular flexibility index (Phi) is 4.00. The number of aromatic nitrogens is 3.